The molecule has 0 spiro atoms. The van der Waals surface area contributed by atoms with E-state index >= 15 is 0 Å². The van der Waals surface area contributed by atoms with E-state index in [-0.39, 0.29) is 40.9 Å². The third-order valence-electron chi connectivity index (χ3n) is 9.92. The number of terminal acetylenes is 1. The SMILES string of the molecule is C#CCNC(=O)C(=O)c1c(C)c(C(=O)Nc2ccc(C)c(C#N)c2)n(C)c1C.Cc1c(C(=O)C(=O)NOC2CCCC2)c(C)n(C)c1C(=O)Nc1ccc(F)c(F)c1. The summed E-state index contributed by atoms with van der Waals surface area (Å²) < 4.78 is 29.5. The van der Waals surface area contributed by atoms with Crippen molar-refractivity contribution in [3.8, 4) is 18.4 Å². The highest BCUT2D eigenvalue weighted by atomic mass is 19.2. The third-order valence-corrected chi connectivity index (χ3v) is 9.92. The first-order valence-electron chi connectivity index (χ1n) is 18.1. The topological polar surface area (TPSA) is 193 Å². The van der Waals surface area contributed by atoms with Crippen molar-refractivity contribution >= 4 is 46.6 Å². The number of Topliss-reactive ketones (excluding diaryl/α,β-unsaturated/α-hetero) is 2. The Kier molecular flexibility index (Phi) is 14.2. The van der Waals surface area contributed by atoms with Crippen LogP contribution in [0.15, 0.2) is 36.4 Å². The van der Waals surface area contributed by atoms with Crippen molar-refractivity contribution in [1.82, 2.24) is 19.9 Å². The number of ketones is 2. The van der Waals surface area contributed by atoms with Gasteiger partial charge in [-0.05, 0) is 88.4 Å². The lowest BCUT2D eigenvalue weighted by Gasteiger charge is -2.11. The van der Waals surface area contributed by atoms with Crippen LogP contribution in [0.2, 0.25) is 0 Å². The minimum absolute atomic E-state index is 0.0580. The molecule has 4 amide bonds. The third kappa shape index (κ3) is 9.54. The fraction of sp³-hybridized carbons (Fsp3) is 0.310. The maximum Gasteiger partial charge on any atom is 0.315 e. The molecular formula is C42H43F2N7O7. The summed E-state index contributed by atoms with van der Waals surface area (Å²) in [5, 5.41) is 16.7. The molecule has 0 atom stereocenters. The largest absolute Gasteiger partial charge is 0.343 e. The van der Waals surface area contributed by atoms with Crippen LogP contribution in [0.25, 0.3) is 0 Å². The fourth-order valence-electron chi connectivity index (χ4n) is 6.67. The molecule has 16 heteroatoms. The van der Waals surface area contributed by atoms with Crippen molar-refractivity contribution in [1.29, 1.82) is 5.26 Å². The summed E-state index contributed by atoms with van der Waals surface area (Å²) in [6.07, 6.45) is 8.68. The molecule has 4 N–H and O–H groups in total. The lowest BCUT2D eigenvalue weighted by Crippen LogP contribution is -2.34. The number of rotatable bonds is 11. The van der Waals surface area contributed by atoms with Gasteiger partial charge in [0.05, 0.1) is 35.4 Å². The zero-order chi connectivity index (χ0) is 43.0. The van der Waals surface area contributed by atoms with Gasteiger partial charge in [-0.15, -0.1) is 6.42 Å². The van der Waals surface area contributed by atoms with Gasteiger partial charge in [-0.1, -0.05) is 24.8 Å². The van der Waals surface area contributed by atoms with Gasteiger partial charge < -0.3 is 25.1 Å². The Hall–Kier alpha value is -6.91. The highest BCUT2D eigenvalue weighted by molar-refractivity contribution is 6.44. The molecule has 0 radical (unpaired) electrons. The van der Waals surface area contributed by atoms with Crippen molar-refractivity contribution in [3.05, 3.63) is 104 Å². The number of aromatic nitrogens is 2. The van der Waals surface area contributed by atoms with Crippen molar-refractivity contribution in [3.63, 3.8) is 0 Å². The summed E-state index contributed by atoms with van der Waals surface area (Å²) >= 11 is 0. The van der Waals surface area contributed by atoms with E-state index in [9.17, 15) is 37.5 Å². The van der Waals surface area contributed by atoms with E-state index in [2.05, 4.69) is 33.4 Å². The molecule has 0 unspecified atom stereocenters. The zero-order valence-electron chi connectivity index (χ0n) is 33.1. The minimum Gasteiger partial charge on any atom is -0.343 e. The van der Waals surface area contributed by atoms with Crippen molar-refractivity contribution in [2.24, 2.45) is 14.1 Å². The maximum atomic E-state index is 13.4. The van der Waals surface area contributed by atoms with Crippen LogP contribution in [-0.2, 0) is 28.5 Å². The average molecular weight is 796 g/mol. The Balaban J connectivity index is 0.000000257. The monoisotopic (exact) mass is 795 g/mol. The second-order valence-electron chi connectivity index (χ2n) is 13.7. The van der Waals surface area contributed by atoms with E-state index < -0.39 is 46.8 Å². The number of benzene rings is 2. The molecule has 1 aliphatic rings. The first-order chi connectivity index (χ1) is 27.4. The van der Waals surface area contributed by atoms with E-state index in [0.29, 0.717) is 33.8 Å². The van der Waals surface area contributed by atoms with Crippen LogP contribution in [0.3, 0.4) is 0 Å². The van der Waals surface area contributed by atoms with Crippen molar-refractivity contribution in [2.45, 2.75) is 66.4 Å². The molecule has 0 saturated heterocycles. The normalized spacial score (nSPS) is 12.1. The molecule has 2 aromatic heterocycles. The first-order valence-corrected chi connectivity index (χ1v) is 18.1. The number of hydroxylamine groups is 1. The summed E-state index contributed by atoms with van der Waals surface area (Å²) in [5.74, 6) is -4.25. The molecule has 4 aromatic rings. The summed E-state index contributed by atoms with van der Waals surface area (Å²) in [4.78, 5) is 80.3. The van der Waals surface area contributed by atoms with Crippen LogP contribution >= 0.6 is 0 Å². The van der Waals surface area contributed by atoms with Gasteiger partial charge in [0, 0.05) is 42.9 Å². The quantitative estimate of drug-likeness (QED) is 0.0675. The van der Waals surface area contributed by atoms with Crippen LogP contribution in [0.1, 0.15) is 101 Å². The van der Waals surface area contributed by atoms with E-state index in [1.165, 1.54) is 10.6 Å². The molecule has 0 bridgehead atoms. The lowest BCUT2D eigenvalue weighted by atomic mass is 10.0. The van der Waals surface area contributed by atoms with Crippen LogP contribution in [0.5, 0.6) is 0 Å². The molecule has 2 heterocycles. The number of hydrogen-bond donors (Lipinski definition) is 4. The van der Waals surface area contributed by atoms with Gasteiger partial charge in [-0.3, -0.25) is 33.6 Å². The first kappa shape index (κ1) is 43.8. The number of anilines is 2. The van der Waals surface area contributed by atoms with E-state index in [0.717, 1.165) is 43.4 Å². The molecule has 14 nitrogen and oxygen atoms in total. The standard InChI is InChI=1S/C21H23F2N3O4.C21H20N4O3/c1-11-17(19(27)21(29)25-30-14-6-4-5-7-14)12(2)26(3)18(11)20(28)24-13-8-9-15(22)16(23)10-13;1-6-9-23-21(28)19(26)17-13(3)18(25(5)14(17)4)20(27)24-16-8-7-12(2)15(10-16)11-22/h8-10,14H,4-7H2,1-3H3,(H,24,28)(H,25,29);1,7-8,10H,9H2,2-5H3,(H,23,28)(H,24,27). The molecule has 58 heavy (non-hydrogen) atoms. The highest BCUT2D eigenvalue weighted by Crippen LogP contribution is 2.26. The Morgan fingerprint density at radius 2 is 1.28 bits per heavy atom. The molecule has 302 valence electrons. The van der Waals surface area contributed by atoms with Crippen LogP contribution in [0.4, 0.5) is 20.2 Å². The number of carbonyl (C=O) groups excluding carboxylic acids is 6. The molecule has 1 saturated carbocycles. The molecule has 1 fully saturated rings. The van der Waals surface area contributed by atoms with E-state index in [1.807, 2.05) is 0 Å². The number of hydrogen-bond acceptors (Lipinski definition) is 8. The summed E-state index contributed by atoms with van der Waals surface area (Å²) in [6, 6.07) is 10.1. The van der Waals surface area contributed by atoms with Gasteiger partial charge in [0.25, 0.3) is 29.3 Å². The Morgan fingerprint density at radius 3 is 1.78 bits per heavy atom. The number of amides is 4. The predicted octanol–water partition coefficient (Wildman–Crippen LogP) is 5.35. The average Bonchev–Trinajstić information content (AvgIpc) is 3.85. The number of nitrogens with zero attached hydrogens (tertiary/aromatic N) is 3. The Labute approximate surface area is 333 Å². The second-order valence-corrected chi connectivity index (χ2v) is 13.7. The number of nitriles is 1. The molecule has 2 aromatic carbocycles. The van der Waals surface area contributed by atoms with Crippen molar-refractivity contribution in [2.75, 3.05) is 17.2 Å². The maximum absolute atomic E-state index is 13.4. The van der Waals surface area contributed by atoms with E-state index in [4.69, 9.17) is 16.5 Å². The summed E-state index contributed by atoms with van der Waals surface area (Å²) in [6.45, 7) is 8.17. The fourth-order valence-corrected chi connectivity index (χ4v) is 6.67. The Morgan fingerprint density at radius 1 is 0.776 bits per heavy atom. The molecule has 1 aliphatic carbocycles. The van der Waals surface area contributed by atoms with Gasteiger partial charge in [0.1, 0.15) is 11.4 Å². The summed E-state index contributed by atoms with van der Waals surface area (Å²) in [5.41, 5.74) is 6.26. The van der Waals surface area contributed by atoms with Gasteiger partial charge in [-0.2, -0.15) is 5.26 Å². The number of nitrogens with one attached hydrogen (secondary N) is 4. The zero-order valence-corrected chi connectivity index (χ0v) is 33.1. The minimum atomic E-state index is -1.10. The second kappa shape index (κ2) is 18.8. The molecular weight excluding hydrogens is 752 g/mol. The van der Waals surface area contributed by atoms with Gasteiger partial charge in [0.2, 0.25) is 0 Å². The predicted molar refractivity (Wildman–Crippen MR) is 210 cm³/mol. The van der Waals surface area contributed by atoms with Crippen LogP contribution in [-0.4, -0.2) is 57.0 Å². The van der Waals surface area contributed by atoms with E-state index in [1.54, 1.807) is 71.5 Å². The number of aryl methyl sites for hydroxylation is 1. The van der Waals surface area contributed by atoms with Crippen molar-refractivity contribution < 1.29 is 42.4 Å². The number of carbonyl (C=O) groups is 6. The Bertz CT molecular complexity index is 2410. The molecule has 5 rings (SSSR count). The van der Waals surface area contributed by atoms with Gasteiger partial charge in [0.15, 0.2) is 11.6 Å². The van der Waals surface area contributed by atoms with Crippen LogP contribution < -0.4 is 21.4 Å². The smallest absolute Gasteiger partial charge is 0.315 e. The molecule has 0 aliphatic heterocycles. The van der Waals surface area contributed by atoms with Crippen LogP contribution in [0, 0.1) is 69.9 Å². The number of halogens is 2. The lowest BCUT2D eigenvalue weighted by molar-refractivity contribution is -0.133. The van der Waals surface area contributed by atoms with Gasteiger partial charge >= 0.3 is 5.91 Å². The highest BCUT2D eigenvalue weighted by Gasteiger charge is 2.30. The summed E-state index contributed by atoms with van der Waals surface area (Å²) in [7, 11) is 3.22. The van der Waals surface area contributed by atoms with Gasteiger partial charge in [-0.25, -0.2) is 14.3 Å².